The molecular formula is C14H10ClF2N3O3. The summed E-state index contributed by atoms with van der Waals surface area (Å²) < 4.78 is 26.5. The average Bonchev–Trinajstić information content (AvgIpc) is 2.97. The summed E-state index contributed by atoms with van der Waals surface area (Å²) in [7, 11) is 0. The van der Waals surface area contributed by atoms with Gasteiger partial charge in [-0.05, 0) is 12.1 Å². The number of H-pyrrole nitrogens is 1. The van der Waals surface area contributed by atoms with Crippen molar-refractivity contribution in [2.24, 2.45) is 0 Å². The highest BCUT2D eigenvalue weighted by Crippen LogP contribution is 2.31. The highest BCUT2D eigenvalue weighted by molar-refractivity contribution is 6.33. The van der Waals surface area contributed by atoms with Crippen molar-refractivity contribution in [1.29, 1.82) is 0 Å². The standard InChI is InChI=1S/C14H10ClF2N3O3/c15-7-4-9(17)8(16)3-6(7)13(21)20-2-1-10-11(19-5-18-10)12(20)14(22)23/h3-5,12H,1-2H2,(H,18,19)(H,22,23)/t12-/m1/s1. The number of aliphatic carboxylic acids is 1. The molecule has 0 bridgehead atoms. The van der Waals surface area contributed by atoms with E-state index in [0.29, 0.717) is 24.2 Å². The van der Waals surface area contributed by atoms with Crippen molar-refractivity contribution in [3.8, 4) is 0 Å². The van der Waals surface area contributed by atoms with Gasteiger partial charge in [-0.25, -0.2) is 18.6 Å². The summed E-state index contributed by atoms with van der Waals surface area (Å²) in [4.78, 5) is 31.9. The predicted molar refractivity (Wildman–Crippen MR) is 75.1 cm³/mol. The van der Waals surface area contributed by atoms with Crippen LogP contribution in [0.2, 0.25) is 5.02 Å². The Bertz CT molecular complexity index is 809. The van der Waals surface area contributed by atoms with Crippen LogP contribution in [0.3, 0.4) is 0 Å². The van der Waals surface area contributed by atoms with Crippen LogP contribution in [-0.2, 0) is 11.2 Å². The maximum atomic E-state index is 13.4. The molecule has 9 heteroatoms. The van der Waals surface area contributed by atoms with E-state index in [1.54, 1.807) is 0 Å². The molecule has 3 rings (SSSR count). The van der Waals surface area contributed by atoms with Crippen LogP contribution in [0.4, 0.5) is 8.78 Å². The number of nitrogens with one attached hydrogen (secondary N) is 1. The number of amides is 1. The van der Waals surface area contributed by atoms with Crippen molar-refractivity contribution in [2.45, 2.75) is 12.5 Å². The monoisotopic (exact) mass is 341 g/mol. The van der Waals surface area contributed by atoms with Crippen LogP contribution in [0.5, 0.6) is 0 Å². The molecule has 0 saturated carbocycles. The second kappa shape index (κ2) is 5.62. The van der Waals surface area contributed by atoms with Crippen molar-refractivity contribution in [1.82, 2.24) is 14.9 Å². The molecule has 1 aromatic carbocycles. The minimum absolute atomic E-state index is 0.0836. The molecule has 1 atom stereocenters. The lowest BCUT2D eigenvalue weighted by Crippen LogP contribution is -2.43. The fourth-order valence-corrected chi connectivity index (χ4v) is 2.82. The highest BCUT2D eigenvalue weighted by Gasteiger charge is 2.38. The van der Waals surface area contributed by atoms with Gasteiger partial charge >= 0.3 is 5.97 Å². The van der Waals surface area contributed by atoms with Gasteiger partial charge in [0.1, 0.15) is 0 Å². The summed E-state index contributed by atoms with van der Waals surface area (Å²) in [5.41, 5.74) is 0.546. The lowest BCUT2D eigenvalue weighted by molar-refractivity contribution is -0.143. The normalized spacial score (nSPS) is 17.0. The lowest BCUT2D eigenvalue weighted by atomic mass is 10.0. The zero-order valence-corrected chi connectivity index (χ0v) is 12.3. The molecule has 0 fully saturated rings. The van der Waals surface area contributed by atoms with Gasteiger partial charge in [-0.1, -0.05) is 11.6 Å². The summed E-state index contributed by atoms with van der Waals surface area (Å²) in [6.07, 6.45) is 1.71. The third-order valence-corrected chi connectivity index (χ3v) is 3.97. The second-order valence-electron chi connectivity index (χ2n) is 5.00. The lowest BCUT2D eigenvalue weighted by Gasteiger charge is -2.32. The number of aromatic amines is 1. The molecule has 1 aromatic heterocycles. The Balaban J connectivity index is 2.02. The molecular weight excluding hydrogens is 332 g/mol. The first-order chi connectivity index (χ1) is 10.9. The van der Waals surface area contributed by atoms with E-state index in [1.165, 1.54) is 6.33 Å². The summed E-state index contributed by atoms with van der Waals surface area (Å²) in [6, 6.07) is 0.0321. The van der Waals surface area contributed by atoms with Crippen LogP contribution < -0.4 is 0 Å². The van der Waals surface area contributed by atoms with E-state index < -0.39 is 29.6 Å². The number of benzene rings is 1. The van der Waals surface area contributed by atoms with E-state index in [-0.39, 0.29) is 22.8 Å². The number of halogens is 3. The molecule has 0 radical (unpaired) electrons. The molecule has 1 aliphatic heterocycles. The van der Waals surface area contributed by atoms with Crippen molar-refractivity contribution < 1.29 is 23.5 Å². The molecule has 0 saturated heterocycles. The van der Waals surface area contributed by atoms with Gasteiger partial charge < -0.3 is 15.0 Å². The summed E-state index contributed by atoms with van der Waals surface area (Å²) >= 11 is 5.80. The minimum Gasteiger partial charge on any atom is -0.479 e. The van der Waals surface area contributed by atoms with Gasteiger partial charge in [0.25, 0.3) is 5.91 Å². The topological polar surface area (TPSA) is 86.3 Å². The molecule has 23 heavy (non-hydrogen) atoms. The first kappa shape index (κ1) is 15.4. The van der Waals surface area contributed by atoms with Crippen LogP contribution in [-0.4, -0.2) is 38.4 Å². The molecule has 1 amide bonds. The number of aromatic nitrogens is 2. The third kappa shape index (κ3) is 2.55. The van der Waals surface area contributed by atoms with E-state index in [4.69, 9.17) is 11.6 Å². The van der Waals surface area contributed by atoms with E-state index >= 15 is 0 Å². The zero-order chi connectivity index (χ0) is 16.7. The van der Waals surface area contributed by atoms with Crippen LogP contribution in [0.1, 0.15) is 27.8 Å². The summed E-state index contributed by atoms with van der Waals surface area (Å²) in [6.45, 7) is 0.0836. The summed E-state index contributed by atoms with van der Waals surface area (Å²) in [5.74, 6) is -4.49. The SMILES string of the molecule is O=C(O)[C@H]1c2nc[nH]c2CCN1C(=O)c1cc(F)c(F)cc1Cl. The van der Waals surface area contributed by atoms with Gasteiger partial charge in [-0.15, -0.1) is 0 Å². The van der Waals surface area contributed by atoms with E-state index in [9.17, 15) is 23.5 Å². The Labute approximate surface area is 133 Å². The van der Waals surface area contributed by atoms with Crippen molar-refractivity contribution in [3.05, 3.63) is 52.1 Å². The van der Waals surface area contributed by atoms with Crippen molar-refractivity contribution in [2.75, 3.05) is 6.54 Å². The first-order valence-corrected chi connectivity index (χ1v) is 6.98. The van der Waals surface area contributed by atoms with Gasteiger partial charge in [-0.3, -0.25) is 4.79 Å². The zero-order valence-electron chi connectivity index (χ0n) is 11.5. The number of fused-ring (bicyclic) bond motifs is 1. The van der Waals surface area contributed by atoms with Gasteiger partial charge in [0, 0.05) is 18.7 Å². The number of carbonyl (C=O) groups is 2. The Hall–Kier alpha value is -2.48. The largest absolute Gasteiger partial charge is 0.479 e. The molecule has 1 aliphatic rings. The molecule has 2 heterocycles. The number of nitrogens with zero attached hydrogens (tertiary/aromatic N) is 2. The third-order valence-electron chi connectivity index (χ3n) is 3.66. The maximum Gasteiger partial charge on any atom is 0.332 e. The Morgan fingerprint density at radius 3 is 2.74 bits per heavy atom. The fourth-order valence-electron chi connectivity index (χ4n) is 2.59. The smallest absolute Gasteiger partial charge is 0.332 e. The first-order valence-electron chi connectivity index (χ1n) is 6.60. The fraction of sp³-hybridized carbons (Fsp3) is 0.214. The quantitative estimate of drug-likeness (QED) is 0.820. The number of hydrogen-bond donors (Lipinski definition) is 2. The minimum atomic E-state index is -1.32. The van der Waals surface area contributed by atoms with Gasteiger partial charge in [0.2, 0.25) is 0 Å². The molecule has 120 valence electrons. The van der Waals surface area contributed by atoms with Crippen molar-refractivity contribution >= 4 is 23.5 Å². The van der Waals surface area contributed by atoms with Crippen LogP contribution in [0.15, 0.2) is 18.5 Å². The van der Waals surface area contributed by atoms with Crippen molar-refractivity contribution in [3.63, 3.8) is 0 Å². The Morgan fingerprint density at radius 1 is 1.35 bits per heavy atom. The van der Waals surface area contributed by atoms with Crippen LogP contribution >= 0.6 is 11.6 Å². The highest BCUT2D eigenvalue weighted by atomic mass is 35.5. The maximum absolute atomic E-state index is 13.4. The molecule has 6 nitrogen and oxygen atoms in total. The van der Waals surface area contributed by atoms with Gasteiger partial charge in [-0.2, -0.15) is 0 Å². The molecule has 0 aliphatic carbocycles. The predicted octanol–water partition coefficient (Wildman–Crippen LogP) is 2.17. The number of carboxylic acid groups (broad SMARTS) is 1. The number of carboxylic acids is 1. The molecule has 2 N–H and O–H groups in total. The molecule has 2 aromatic rings. The number of carbonyl (C=O) groups excluding carboxylic acids is 1. The van der Waals surface area contributed by atoms with Gasteiger partial charge in [0.15, 0.2) is 17.7 Å². The van der Waals surface area contributed by atoms with Crippen LogP contribution in [0, 0.1) is 11.6 Å². The second-order valence-corrected chi connectivity index (χ2v) is 5.41. The number of rotatable bonds is 2. The van der Waals surface area contributed by atoms with E-state index in [2.05, 4.69) is 9.97 Å². The molecule has 0 unspecified atom stereocenters. The van der Waals surface area contributed by atoms with E-state index in [1.807, 2.05) is 0 Å². The Morgan fingerprint density at radius 2 is 2.04 bits per heavy atom. The van der Waals surface area contributed by atoms with E-state index in [0.717, 1.165) is 4.90 Å². The number of imidazole rings is 1. The average molecular weight is 342 g/mol. The molecule has 0 spiro atoms. The van der Waals surface area contributed by atoms with Gasteiger partial charge in [0.05, 0.1) is 22.6 Å². The van der Waals surface area contributed by atoms with Crippen LogP contribution in [0.25, 0.3) is 0 Å². The summed E-state index contributed by atoms with van der Waals surface area (Å²) in [5, 5.41) is 9.14. The Kier molecular flexibility index (Phi) is 3.77. The number of hydrogen-bond acceptors (Lipinski definition) is 3.